The standard InChI is InChI=1S/C15H20FNO2.ClH/c1-10(2)19-14-4-3-12(9-13(14)16)15(18)11-5-7-17-8-6-11;/h3-4,9-11,17H,5-8H2,1-2H3;1H. The highest BCUT2D eigenvalue weighted by atomic mass is 35.5. The van der Waals surface area contributed by atoms with Gasteiger partial charge in [0.15, 0.2) is 17.3 Å². The molecule has 3 nitrogen and oxygen atoms in total. The number of hydrogen-bond donors (Lipinski definition) is 1. The third-order valence-electron chi connectivity index (χ3n) is 3.29. The molecule has 1 aliphatic rings. The Balaban J connectivity index is 0.00000200. The molecular weight excluding hydrogens is 281 g/mol. The number of carbonyl (C=O) groups excluding carboxylic acids is 1. The zero-order valence-corrected chi connectivity index (χ0v) is 12.6. The molecule has 1 heterocycles. The summed E-state index contributed by atoms with van der Waals surface area (Å²) in [4.78, 5) is 12.3. The molecule has 1 N–H and O–H groups in total. The van der Waals surface area contributed by atoms with Crippen molar-refractivity contribution in [3.8, 4) is 5.75 Å². The van der Waals surface area contributed by atoms with Gasteiger partial charge in [-0.2, -0.15) is 0 Å². The summed E-state index contributed by atoms with van der Waals surface area (Å²) in [6.45, 7) is 5.39. The number of hydrogen-bond acceptors (Lipinski definition) is 3. The molecule has 0 aliphatic carbocycles. The van der Waals surface area contributed by atoms with E-state index in [0.29, 0.717) is 5.56 Å². The number of benzene rings is 1. The Morgan fingerprint density at radius 3 is 2.55 bits per heavy atom. The van der Waals surface area contributed by atoms with Gasteiger partial charge in [0.05, 0.1) is 6.10 Å². The number of piperidine rings is 1. The minimum absolute atomic E-state index is 0. The van der Waals surface area contributed by atoms with Crippen molar-refractivity contribution in [2.24, 2.45) is 5.92 Å². The first-order chi connectivity index (χ1) is 9.08. The molecule has 0 atom stereocenters. The number of nitrogens with one attached hydrogen (secondary N) is 1. The van der Waals surface area contributed by atoms with E-state index in [1.165, 1.54) is 6.07 Å². The van der Waals surface area contributed by atoms with Gasteiger partial charge in [0.2, 0.25) is 0 Å². The van der Waals surface area contributed by atoms with Crippen molar-refractivity contribution in [1.82, 2.24) is 5.32 Å². The number of halogens is 2. The smallest absolute Gasteiger partial charge is 0.166 e. The van der Waals surface area contributed by atoms with Crippen LogP contribution in [0.25, 0.3) is 0 Å². The van der Waals surface area contributed by atoms with Crippen molar-refractivity contribution in [3.05, 3.63) is 29.6 Å². The minimum Gasteiger partial charge on any atom is -0.488 e. The van der Waals surface area contributed by atoms with Crippen LogP contribution in [-0.2, 0) is 0 Å². The summed E-state index contributed by atoms with van der Waals surface area (Å²) >= 11 is 0. The lowest BCUT2D eigenvalue weighted by Crippen LogP contribution is -2.31. The largest absolute Gasteiger partial charge is 0.488 e. The van der Waals surface area contributed by atoms with E-state index >= 15 is 0 Å². The van der Waals surface area contributed by atoms with Crippen LogP contribution in [0.5, 0.6) is 5.75 Å². The van der Waals surface area contributed by atoms with E-state index in [4.69, 9.17) is 4.74 Å². The Bertz CT molecular complexity index is 459. The average molecular weight is 302 g/mol. The fourth-order valence-corrected chi connectivity index (χ4v) is 2.32. The van der Waals surface area contributed by atoms with Gasteiger partial charge in [0, 0.05) is 11.5 Å². The highest BCUT2D eigenvalue weighted by molar-refractivity contribution is 5.98. The zero-order valence-electron chi connectivity index (χ0n) is 11.8. The fraction of sp³-hybridized carbons (Fsp3) is 0.533. The summed E-state index contributed by atoms with van der Waals surface area (Å²) in [6, 6.07) is 4.50. The van der Waals surface area contributed by atoms with Crippen molar-refractivity contribution in [1.29, 1.82) is 0 Å². The van der Waals surface area contributed by atoms with E-state index in [0.717, 1.165) is 25.9 Å². The SMILES string of the molecule is CC(C)Oc1ccc(C(=O)C2CCNCC2)cc1F.Cl. The van der Waals surface area contributed by atoms with Gasteiger partial charge >= 0.3 is 0 Å². The molecule has 0 spiro atoms. The maximum absolute atomic E-state index is 13.8. The molecule has 0 saturated carbocycles. The number of Topliss-reactive ketones (excluding diaryl/α,β-unsaturated/α-hetero) is 1. The predicted molar refractivity (Wildman–Crippen MR) is 79.3 cm³/mol. The van der Waals surface area contributed by atoms with E-state index in [1.54, 1.807) is 12.1 Å². The highest BCUT2D eigenvalue weighted by Gasteiger charge is 2.23. The van der Waals surface area contributed by atoms with Crippen LogP contribution in [0.2, 0.25) is 0 Å². The van der Waals surface area contributed by atoms with Crippen LogP contribution in [0.4, 0.5) is 4.39 Å². The Kier molecular flexibility index (Phi) is 6.43. The number of ether oxygens (including phenoxy) is 1. The van der Waals surface area contributed by atoms with Crippen LogP contribution in [0, 0.1) is 11.7 Å². The third-order valence-corrected chi connectivity index (χ3v) is 3.29. The topological polar surface area (TPSA) is 38.3 Å². The van der Waals surface area contributed by atoms with E-state index < -0.39 is 5.82 Å². The third kappa shape index (κ3) is 4.18. The molecule has 0 radical (unpaired) electrons. The van der Waals surface area contributed by atoms with Gasteiger partial charge in [-0.25, -0.2) is 4.39 Å². The van der Waals surface area contributed by atoms with Gasteiger partial charge in [0.25, 0.3) is 0 Å². The van der Waals surface area contributed by atoms with Gasteiger partial charge in [-0.1, -0.05) is 0 Å². The Labute approximate surface area is 125 Å². The molecule has 1 aromatic carbocycles. The molecule has 1 fully saturated rings. The number of carbonyl (C=O) groups is 1. The second-order valence-corrected chi connectivity index (χ2v) is 5.20. The zero-order chi connectivity index (χ0) is 13.8. The van der Waals surface area contributed by atoms with E-state index in [2.05, 4.69) is 5.32 Å². The molecule has 5 heteroatoms. The minimum atomic E-state index is -0.464. The first-order valence-electron chi connectivity index (χ1n) is 6.79. The van der Waals surface area contributed by atoms with Crippen LogP contribution < -0.4 is 10.1 Å². The molecule has 0 aromatic heterocycles. The highest BCUT2D eigenvalue weighted by Crippen LogP contribution is 2.23. The molecule has 0 bridgehead atoms. The number of rotatable bonds is 4. The van der Waals surface area contributed by atoms with Crippen LogP contribution in [-0.4, -0.2) is 25.0 Å². The van der Waals surface area contributed by atoms with E-state index in [9.17, 15) is 9.18 Å². The lowest BCUT2D eigenvalue weighted by molar-refractivity contribution is 0.0894. The Morgan fingerprint density at radius 2 is 2.00 bits per heavy atom. The lowest BCUT2D eigenvalue weighted by Gasteiger charge is -2.21. The van der Waals surface area contributed by atoms with Gasteiger partial charge in [-0.15, -0.1) is 12.4 Å². The van der Waals surface area contributed by atoms with Crippen molar-refractivity contribution in [3.63, 3.8) is 0 Å². The molecule has 0 unspecified atom stereocenters. The predicted octanol–water partition coefficient (Wildman–Crippen LogP) is 3.22. The second kappa shape index (κ2) is 7.60. The van der Waals surface area contributed by atoms with Crippen LogP contribution in [0.15, 0.2) is 18.2 Å². The molecule has 112 valence electrons. The van der Waals surface area contributed by atoms with Crippen molar-refractivity contribution < 1.29 is 13.9 Å². The molecule has 1 aromatic rings. The maximum Gasteiger partial charge on any atom is 0.166 e. The molecule has 20 heavy (non-hydrogen) atoms. The van der Waals surface area contributed by atoms with E-state index in [1.807, 2.05) is 13.8 Å². The van der Waals surface area contributed by atoms with Crippen LogP contribution in [0.1, 0.15) is 37.0 Å². The Hall–Kier alpha value is -1.13. The van der Waals surface area contributed by atoms with Gasteiger partial charge in [-0.05, 0) is 58.0 Å². The first kappa shape index (κ1) is 16.9. The maximum atomic E-state index is 13.8. The molecule has 1 saturated heterocycles. The lowest BCUT2D eigenvalue weighted by atomic mass is 9.89. The van der Waals surface area contributed by atoms with Crippen LogP contribution >= 0.6 is 12.4 Å². The van der Waals surface area contributed by atoms with Crippen molar-refractivity contribution in [2.45, 2.75) is 32.8 Å². The van der Waals surface area contributed by atoms with E-state index in [-0.39, 0.29) is 36.0 Å². The first-order valence-corrected chi connectivity index (χ1v) is 6.79. The summed E-state index contributed by atoms with van der Waals surface area (Å²) in [5.41, 5.74) is 0.445. The number of ketones is 1. The quantitative estimate of drug-likeness (QED) is 0.868. The van der Waals surface area contributed by atoms with Crippen molar-refractivity contribution >= 4 is 18.2 Å². The molecule has 2 rings (SSSR count). The van der Waals surface area contributed by atoms with Gasteiger partial charge < -0.3 is 10.1 Å². The summed E-state index contributed by atoms with van der Waals surface area (Å²) in [7, 11) is 0. The van der Waals surface area contributed by atoms with Crippen molar-refractivity contribution in [2.75, 3.05) is 13.1 Å². The van der Waals surface area contributed by atoms with Crippen LogP contribution in [0.3, 0.4) is 0 Å². The Morgan fingerprint density at radius 1 is 1.35 bits per heavy atom. The molecule has 0 amide bonds. The summed E-state index contributed by atoms with van der Waals surface area (Å²) in [5, 5.41) is 3.22. The monoisotopic (exact) mass is 301 g/mol. The van der Waals surface area contributed by atoms with Gasteiger partial charge in [0.1, 0.15) is 0 Å². The molecule has 1 aliphatic heterocycles. The summed E-state index contributed by atoms with van der Waals surface area (Å²) < 4.78 is 19.2. The van der Waals surface area contributed by atoms with Gasteiger partial charge in [-0.3, -0.25) is 4.79 Å². The second-order valence-electron chi connectivity index (χ2n) is 5.20. The summed E-state index contributed by atoms with van der Waals surface area (Å²) in [6.07, 6.45) is 1.57. The molecular formula is C15H21ClFNO2. The fourth-order valence-electron chi connectivity index (χ4n) is 2.32. The average Bonchev–Trinajstić information content (AvgIpc) is 2.41. The normalized spacial score (nSPS) is 15.8. The summed E-state index contributed by atoms with van der Waals surface area (Å²) in [5.74, 6) is -0.209.